The summed E-state index contributed by atoms with van der Waals surface area (Å²) in [5.41, 5.74) is 1.76. The average Bonchev–Trinajstić information content (AvgIpc) is 2.42. The Hall–Kier alpha value is -2.49. The van der Waals surface area contributed by atoms with E-state index in [0.29, 0.717) is 23.3 Å². The summed E-state index contributed by atoms with van der Waals surface area (Å²) in [6.45, 7) is 1.48. The number of carbonyl (C=O) groups excluding carboxylic acids is 2. The molecular formula is C15H12FNO2. The quantitative estimate of drug-likeness (QED) is 0.622. The molecule has 2 rings (SSSR count). The van der Waals surface area contributed by atoms with E-state index >= 15 is 0 Å². The second-order valence-electron chi connectivity index (χ2n) is 4.05. The molecule has 0 radical (unpaired) electrons. The number of hydrogen-bond acceptors (Lipinski definition) is 2. The first kappa shape index (κ1) is 13.0. The topological polar surface area (TPSA) is 37.4 Å². The Labute approximate surface area is 110 Å². The maximum absolute atomic E-state index is 12.9. The first-order valence-electron chi connectivity index (χ1n) is 5.73. The highest BCUT2D eigenvalue weighted by Crippen LogP contribution is 2.24. The summed E-state index contributed by atoms with van der Waals surface area (Å²) in [7, 11) is 0. The van der Waals surface area contributed by atoms with Crippen molar-refractivity contribution in [3.05, 3.63) is 59.9 Å². The molecule has 0 atom stereocenters. The molecule has 1 amide bonds. The zero-order valence-corrected chi connectivity index (χ0v) is 10.3. The molecule has 3 nitrogen and oxygen atoms in total. The summed E-state index contributed by atoms with van der Waals surface area (Å²) in [6.07, 6.45) is 0.649. The second kappa shape index (κ2) is 5.44. The molecule has 0 aliphatic rings. The average molecular weight is 257 g/mol. The highest BCUT2D eigenvalue weighted by Gasteiger charge is 2.08. The van der Waals surface area contributed by atoms with E-state index in [1.54, 1.807) is 24.3 Å². The van der Waals surface area contributed by atoms with Crippen molar-refractivity contribution in [1.82, 2.24) is 0 Å². The minimum atomic E-state index is -0.360. The molecule has 0 aliphatic heterocycles. The summed E-state index contributed by atoms with van der Waals surface area (Å²) in [5, 5.41) is 0. The van der Waals surface area contributed by atoms with Crippen LogP contribution in [0.5, 0.6) is 0 Å². The molecule has 0 heterocycles. The molecule has 0 spiro atoms. The summed E-state index contributed by atoms with van der Waals surface area (Å²) in [6, 6.07) is 12.3. The Morgan fingerprint density at radius 3 is 1.89 bits per heavy atom. The lowest BCUT2D eigenvalue weighted by Crippen LogP contribution is -2.14. The smallest absolute Gasteiger partial charge is 0.218 e. The first-order chi connectivity index (χ1) is 9.11. The van der Waals surface area contributed by atoms with Gasteiger partial charge in [-0.1, -0.05) is 0 Å². The third kappa shape index (κ3) is 2.85. The molecule has 96 valence electrons. The molecule has 0 fully saturated rings. The molecule has 2 aromatic carbocycles. The molecule has 2 aromatic rings. The number of carbonyl (C=O) groups is 2. The van der Waals surface area contributed by atoms with Gasteiger partial charge >= 0.3 is 0 Å². The standard InChI is InChI=1S/C15H12FNO2/c1-11(19)12-2-6-14(7-3-12)17(10-18)15-8-4-13(16)5-9-15/h2-10H,1H3. The molecule has 0 N–H and O–H groups in total. The summed E-state index contributed by atoms with van der Waals surface area (Å²) < 4.78 is 12.9. The van der Waals surface area contributed by atoms with Gasteiger partial charge in [-0.15, -0.1) is 0 Å². The zero-order valence-electron chi connectivity index (χ0n) is 10.3. The van der Waals surface area contributed by atoms with Crippen LogP contribution in [0.1, 0.15) is 17.3 Å². The van der Waals surface area contributed by atoms with Gasteiger partial charge in [0.2, 0.25) is 6.41 Å². The van der Waals surface area contributed by atoms with Crippen molar-refractivity contribution in [2.45, 2.75) is 6.92 Å². The summed E-state index contributed by atoms with van der Waals surface area (Å²) >= 11 is 0. The number of Topliss-reactive ketones (excluding diaryl/α,β-unsaturated/α-hetero) is 1. The molecule has 4 heteroatoms. The van der Waals surface area contributed by atoms with Crippen LogP contribution in [0.3, 0.4) is 0 Å². The van der Waals surface area contributed by atoms with E-state index in [9.17, 15) is 14.0 Å². The lowest BCUT2D eigenvalue weighted by molar-refractivity contribution is -0.106. The van der Waals surface area contributed by atoms with Crippen LogP contribution in [-0.4, -0.2) is 12.2 Å². The highest BCUT2D eigenvalue weighted by molar-refractivity contribution is 5.95. The van der Waals surface area contributed by atoms with E-state index in [-0.39, 0.29) is 11.6 Å². The lowest BCUT2D eigenvalue weighted by Gasteiger charge is -2.17. The Morgan fingerprint density at radius 1 is 1.00 bits per heavy atom. The van der Waals surface area contributed by atoms with Gasteiger partial charge in [0.1, 0.15) is 5.82 Å². The Bertz CT molecular complexity index is 591. The number of halogens is 1. The van der Waals surface area contributed by atoms with E-state index in [0.717, 1.165) is 0 Å². The maximum Gasteiger partial charge on any atom is 0.218 e. The third-order valence-electron chi connectivity index (χ3n) is 2.76. The number of rotatable bonds is 4. The molecule has 0 bridgehead atoms. The minimum Gasteiger partial charge on any atom is -0.295 e. The van der Waals surface area contributed by atoms with Crippen molar-refractivity contribution in [2.24, 2.45) is 0 Å². The molecule has 0 aliphatic carbocycles. The van der Waals surface area contributed by atoms with Gasteiger partial charge in [0.05, 0.1) is 0 Å². The molecule has 0 aromatic heterocycles. The Morgan fingerprint density at radius 2 is 1.47 bits per heavy atom. The van der Waals surface area contributed by atoms with Gasteiger partial charge in [-0.2, -0.15) is 0 Å². The lowest BCUT2D eigenvalue weighted by atomic mass is 10.1. The van der Waals surface area contributed by atoms with Crippen molar-refractivity contribution >= 4 is 23.6 Å². The fourth-order valence-electron chi connectivity index (χ4n) is 1.73. The van der Waals surface area contributed by atoms with Gasteiger partial charge in [-0.25, -0.2) is 4.39 Å². The normalized spacial score (nSPS) is 10.0. The number of ketones is 1. The highest BCUT2D eigenvalue weighted by atomic mass is 19.1. The fourth-order valence-corrected chi connectivity index (χ4v) is 1.73. The Balaban J connectivity index is 2.34. The molecule has 19 heavy (non-hydrogen) atoms. The van der Waals surface area contributed by atoms with Crippen LogP contribution in [0, 0.1) is 5.82 Å². The van der Waals surface area contributed by atoms with Crippen LogP contribution in [0.2, 0.25) is 0 Å². The number of anilines is 2. The van der Waals surface area contributed by atoms with Gasteiger partial charge in [0, 0.05) is 16.9 Å². The first-order valence-corrected chi connectivity index (χ1v) is 5.73. The van der Waals surface area contributed by atoms with Crippen LogP contribution >= 0.6 is 0 Å². The Kier molecular flexibility index (Phi) is 3.71. The largest absolute Gasteiger partial charge is 0.295 e. The van der Waals surface area contributed by atoms with Crippen LogP contribution in [0.15, 0.2) is 48.5 Å². The van der Waals surface area contributed by atoms with Crippen LogP contribution in [0.25, 0.3) is 0 Å². The second-order valence-corrected chi connectivity index (χ2v) is 4.05. The molecular weight excluding hydrogens is 245 g/mol. The van der Waals surface area contributed by atoms with E-state index in [1.165, 1.54) is 36.1 Å². The maximum atomic E-state index is 12.9. The van der Waals surface area contributed by atoms with Crippen molar-refractivity contribution in [3.8, 4) is 0 Å². The number of benzene rings is 2. The van der Waals surface area contributed by atoms with E-state index < -0.39 is 0 Å². The van der Waals surface area contributed by atoms with Gasteiger partial charge in [0.25, 0.3) is 0 Å². The molecule has 0 saturated heterocycles. The molecule has 0 saturated carbocycles. The molecule has 0 unspecified atom stereocenters. The van der Waals surface area contributed by atoms with Gasteiger partial charge in [-0.3, -0.25) is 14.5 Å². The third-order valence-corrected chi connectivity index (χ3v) is 2.76. The van der Waals surface area contributed by atoms with Crippen LogP contribution < -0.4 is 4.90 Å². The number of nitrogens with zero attached hydrogens (tertiary/aromatic N) is 1. The van der Waals surface area contributed by atoms with Crippen LogP contribution in [-0.2, 0) is 4.79 Å². The predicted molar refractivity (Wildman–Crippen MR) is 71.0 cm³/mol. The number of amides is 1. The SMILES string of the molecule is CC(=O)c1ccc(N(C=O)c2ccc(F)cc2)cc1. The van der Waals surface area contributed by atoms with Gasteiger partial charge in [-0.05, 0) is 55.5 Å². The summed E-state index contributed by atoms with van der Waals surface area (Å²) in [4.78, 5) is 23.7. The summed E-state index contributed by atoms with van der Waals surface area (Å²) in [5.74, 6) is -0.396. The van der Waals surface area contributed by atoms with Crippen molar-refractivity contribution in [3.63, 3.8) is 0 Å². The van der Waals surface area contributed by atoms with E-state index in [4.69, 9.17) is 0 Å². The number of hydrogen-bond donors (Lipinski definition) is 0. The predicted octanol–water partition coefficient (Wildman–Crippen LogP) is 3.32. The fraction of sp³-hybridized carbons (Fsp3) is 0.0667. The monoisotopic (exact) mass is 257 g/mol. The van der Waals surface area contributed by atoms with Crippen molar-refractivity contribution in [1.29, 1.82) is 0 Å². The van der Waals surface area contributed by atoms with Crippen molar-refractivity contribution < 1.29 is 14.0 Å². The minimum absolute atomic E-state index is 0.0361. The van der Waals surface area contributed by atoms with E-state index in [1.807, 2.05) is 0 Å². The van der Waals surface area contributed by atoms with Gasteiger partial charge in [0.15, 0.2) is 5.78 Å². The van der Waals surface area contributed by atoms with Crippen molar-refractivity contribution in [2.75, 3.05) is 4.90 Å². The van der Waals surface area contributed by atoms with Gasteiger partial charge < -0.3 is 0 Å². The van der Waals surface area contributed by atoms with Crippen LogP contribution in [0.4, 0.5) is 15.8 Å². The zero-order chi connectivity index (χ0) is 13.8. The van der Waals surface area contributed by atoms with E-state index in [2.05, 4.69) is 0 Å².